The molecule has 1 aromatic rings. The van der Waals surface area contributed by atoms with Gasteiger partial charge in [0.05, 0.1) is 18.8 Å². The number of aromatic nitrogens is 1. The molecule has 2 heterocycles. The summed E-state index contributed by atoms with van der Waals surface area (Å²) in [6.45, 7) is 5.95. The van der Waals surface area contributed by atoms with Gasteiger partial charge in [-0.2, -0.15) is 0 Å². The van der Waals surface area contributed by atoms with Crippen molar-refractivity contribution in [2.45, 2.75) is 25.9 Å². The molecule has 1 fully saturated rings. The molecule has 1 aliphatic rings. The lowest BCUT2D eigenvalue weighted by atomic mass is 10.0. The molecule has 1 aliphatic heterocycles. The summed E-state index contributed by atoms with van der Waals surface area (Å²) in [7, 11) is 0. The van der Waals surface area contributed by atoms with Crippen molar-refractivity contribution in [2.24, 2.45) is 0 Å². The van der Waals surface area contributed by atoms with Crippen molar-refractivity contribution < 1.29 is 4.79 Å². The number of carbonyl (C=O) groups is 1. The molecule has 1 saturated heterocycles. The Balaban J connectivity index is 2.06. The Hall–Kier alpha value is -1.42. The van der Waals surface area contributed by atoms with Gasteiger partial charge in [0.2, 0.25) is 5.91 Å². The molecule has 16 heavy (non-hydrogen) atoms. The highest BCUT2D eigenvalue weighted by molar-refractivity contribution is 5.79. The maximum Gasteiger partial charge on any atom is 0.236 e. The van der Waals surface area contributed by atoms with E-state index in [9.17, 15) is 4.79 Å². The van der Waals surface area contributed by atoms with Crippen molar-refractivity contribution in [1.29, 1.82) is 0 Å². The van der Waals surface area contributed by atoms with Gasteiger partial charge in [-0.15, -0.1) is 0 Å². The second-order valence-electron chi connectivity index (χ2n) is 4.81. The first-order valence-electron chi connectivity index (χ1n) is 5.49. The van der Waals surface area contributed by atoms with Crippen LogP contribution in [0.3, 0.4) is 0 Å². The minimum absolute atomic E-state index is 0.0112. The van der Waals surface area contributed by atoms with Crippen LogP contribution >= 0.6 is 0 Å². The van der Waals surface area contributed by atoms with E-state index < -0.39 is 0 Å². The number of hydrogen-bond donors (Lipinski definition) is 1. The molecule has 0 unspecified atom stereocenters. The third-order valence-corrected chi connectivity index (χ3v) is 2.74. The molecule has 0 radical (unpaired) electrons. The molecule has 4 nitrogen and oxygen atoms in total. The predicted molar refractivity (Wildman–Crippen MR) is 61.7 cm³/mol. The minimum atomic E-state index is -0.0112. The van der Waals surface area contributed by atoms with Gasteiger partial charge in [-0.3, -0.25) is 9.78 Å². The van der Waals surface area contributed by atoms with Gasteiger partial charge in [0.25, 0.3) is 0 Å². The maximum atomic E-state index is 11.7. The molecule has 0 atom stereocenters. The largest absolute Gasteiger partial charge is 0.334 e. The topological polar surface area (TPSA) is 45.2 Å². The quantitative estimate of drug-likeness (QED) is 0.800. The number of rotatable bonds is 2. The van der Waals surface area contributed by atoms with Crippen LogP contribution in [0.5, 0.6) is 0 Å². The lowest BCUT2D eigenvalue weighted by Crippen LogP contribution is -2.59. The van der Waals surface area contributed by atoms with E-state index in [4.69, 9.17) is 0 Å². The first kappa shape index (κ1) is 11.1. The van der Waals surface area contributed by atoms with Crippen molar-refractivity contribution in [2.75, 3.05) is 13.1 Å². The Morgan fingerprint density at radius 2 is 2.31 bits per heavy atom. The number of piperazine rings is 1. The molecule has 86 valence electrons. The van der Waals surface area contributed by atoms with Gasteiger partial charge < -0.3 is 10.2 Å². The van der Waals surface area contributed by atoms with E-state index in [1.807, 2.05) is 23.1 Å². The van der Waals surface area contributed by atoms with Gasteiger partial charge in [0, 0.05) is 18.3 Å². The maximum absolute atomic E-state index is 11.7. The minimum Gasteiger partial charge on any atom is -0.334 e. The molecule has 0 aliphatic carbocycles. The van der Waals surface area contributed by atoms with Gasteiger partial charge >= 0.3 is 0 Å². The second-order valence-corrected chi connectivity index (χ2v) is 4.81. The predicted octanol–water partition coefficient (Wildman–Crippen LogP) is 0.792. The molecule has 0 bridgehead atoms. The Labute approximate surface area is 95.7 Å². The molecule has 0 saturated carbocycles. The molecule has 1 aromatic heterocycles. The van der Waals surface area contributed by atoms with Crippen molar-refractivity contribution in [3.05, 3.63) is 30.1 Å². The van der Waals surface area contributed by atoms with Crippen LogP contribution in [-0.2, 0) is 11.3 Å². The number of nitrogens with one attached hydrogen (secondary N) is 1. The van der Waals surface area contributed by atoms with Crippen LogP contribution < -0.4 is 5.32 Å². The Kier molecular flexibility index (Phi) is 2.92. The smallest absolute Gasteiger partial charge is 0.236 e. The van der Waals surface area contributed by atoms with E-state index >= 15 is 0 Å². The normalized spacial score (nSPS) is 19.9. The molecular formula is C12H17N3O. The van der Waals surface area contributed by atoms with Crippen LogP contribution in [-0.4, -0.2) is 34.4 Å². The highest BCUT2D eigenvalue weighted by Crippen LogP contribution is 2.13. The van der Waals surface area contributed by atoms with E-state index in [1.165, 1.54) is 0 Å². The third kappa shape index (κ3) is 2.58. The van der Waals surface area contributed by atoms with Crippen LogP contribution in [0.25, 0.3) is 0 Å². The molecule has 4 heteroatoms. The zero-order valence-corrected chi connectivity index (χ0v) is 9.73. The first-order valence-corrected chi connectivity index (χ1v) is 5.49. The fourth-order valence-corrected chi connectivity index (χ4v) is 1.88. The number of hydrogen-bond acceptors (Lipinski definition) is 3. The lowest BCUT2D eigenvalue weighted by molar-refractivity contribution is -0.135. The van der Waals surface area contributed by atoms with Crippen LogP contribution in [0, 0.1) is 0 Å². The number of carbonyl (C=O) groups excluding carboxylic acids is 1. The number of pyridine rings is 1. The van der Waals surface area contributed by atoms with Gasteiger partial charge in [-0.1, -0.05) is 6.07 Å². The van der Waals surface area contributed by atoms with Crippen LogP contribution in [0.4, 0.5) is 0 Å². The zero-order valence-electron chi connectivity index (χ0n) is 9.73. The highest BCUT2D eigenvalue weighted by Gasteiger charge is 2.30. The van der Waals surface area contributed by atoms with E-state index in [2.05, 4.69) is 24.1 Å². The van der Waals surface area contributed by atoms with Crippen LogP contribution in [0.1, 0.15) is 19.5 Å². The summed E-state index contributed by atoms with van der Waals surface area (Å²) >= 11 is 0. The number of amides is 1. The second kappa shape index (κ2) is 4.22. The summed E-state index contributed by atoms with van der Waals surface area (Å²) in [5.74, 6) is 0.143. The average Bonchev–Trinajstić information content (AvgIpc) is 2.25. The van der Waals surface area contributed by atoms with E-state index in [0.717, 1.165) is 12.2 Å². The molecule has 1 N–H and O–H groups in total. The van der Waals surface area contributed by atoms with E-state index in [0.29, 0.717) is 13.1 Å². The third-order valence-electron chi connectivity index (χ3n) is 2.74. The molecule has 1 amide bonds. The Bertz CT molecular complexity index is 375. The summed E-state index contributed by atoms with van der Waals surface area (Å²) < 4.78 is 0. The molecule has 2 rings (SSSR count). The molecule has 0 spiro atoms. The van der Waals surface area contributed by atoms with Crippen LogP contribution in [0.15, 0.2) is 24.4 Å². The fourth-order valence-electron chi connectivity index (χ4n) is 1.88. The number of nitrogens with zero attached hydrogens (tertiary/aromatic N) is 2. The first-order chi connectivity index (χ1) is 7.57. The summed E-state index contributed by atoms with van der Waals surface area (Å²) in [4.78, 5) is 17.8. The standard InChI is InChI=1S/C12H17N3O/c1-12(2)9-15(11(16)7-14-12)8-10-5-3-4-6-13-10/h3-6,14H,7-9H2,1-2H3. The van der Waals surface area contributed by atoms with E-state index in [-0.39, 0.29) is 11.4 Å². The lowest BCUT2D eigenvalue weighted by Gasteiger charge is -2.38. The summed E-state index contributed by atoms with van der Waals surface area (Å²) in [5.41, 5.74) is 0.927. The van der Waals surface area contributed by atoms with Crippen LogP contribution in [0.2, 0.25) is 0 Å². The summed E-state index contributed by atoms with van der Waals surface area (Å²) in [6, 6.07) is 5.77. The highest BCUT2D eigenvalue weighted by atomic mass is 16.2. The van der Waals surface area contributed by atoms with Gasteiger partial charge in [-0.05, 0) is 26.0 Å². The van der Waals surface area contributed by atoms with Gasteiger partial charge in [-0.25, -0.2) is 0 Å². The van der Waals surface area contributed by atoms with E-state index in [1.54, 1.807) is 6.20 Å². The van der Waals surface area contributed by atoms with Crippen molar-refractivity contribution in [3.63, 3.8) is 0 Å². The Morgan fingerprint density at radius 1 is 1.50 bits per heavy atom. The molecular weight excluding hydrogens is 202 g/mol. The monoisotopic (exact) mass is 219 g/mol. The van der Waals surface area contributed by atoms with Crippen molar-refractivity contribution in [3.8, 4) is 0 Å². The van der Waals surface area contributed by atoms with Gasteiger partial charge in [0.15, 0.2) is 0 Å². The van der Waals surface area contributed by atoms with Crippen molar-refractivity contribution in [1.82, 2.24) is 15.2 Å². The Morgan fingerprint density at radius 3 is 3.00 bits per heavy atom. The summed E-state index contributed by atoms with van der Waals surface area (Å²) in [6.07, 6.45) is 1.76. The summed E-state index contributed by atoms with van der Waals surface area (Å²) in [5, 5.41) is 3.21. The molecule has 0 aromatic carbocycles. The zero-order chi connectivity index (χ0) is 11.6. The van der Waals surface area contributed by atoms with Crippen molar-refractivity contribution >= 4 is 5.91 Å². The SMILES string of the molecule is CC1(C)CN(Cc2ccccn2)C(=O)CN1. The fraction of sp³-hybridized carbons (Fsp3) is 0.500. The average molecular weight is 219 g/mol. The van der Waals surface area contributed by atoms with Gasteiger partial charge in [0.1, 0.15) is 0 Å².